The third-order valence-corrected chi connectivity index (χ3v) is 5.30. The highest BCUT2D eigenvalue weighted by atomic mass is 19.1. The van der Waals surface area contributed by atoms with Crippen LogP contribution in [0.25, 0.3) is 15.9 Å². The molecule has 2 aliphatic rings. The minimum atomic E-state index is -1.34. The number of rotatable bonds is 4. The zero-order valence-corrected chi connectivity index (χ0v) is 15.6. The van der Waals surface area contributed by atoms with E-state index >= 15 is 0 Å². The predicted molar refractivity (Wildman–Crippen MR) is 104 cm³/mol. The number of carbonyl (C=O) groups is 1. The molecule has 150 valence electrons. The Balaban J connectivity index is 1.71. The highest BCUT2D eigenvalue weighted by Gasteiger charge is 2.29. The summed E-state index contributed by atoms with van der Waals surface area (Å²) in [5.74, 6) is -1.65. The maximum absolute atomic E-state index is 14.8. The number of halogens is 1. The van der Waals surface area contributed by atoms with Crippen LogP contribution >= 0.6 is 0 Å². The molecule has 0 amide bonds. The van der Waals surface area contributed by atoms with Gasteiger partial charge < -0.3 is 24.3 Å². The monoisotopic (exact) mass is 398 g/mol. The first-order valence-corrected chi connectivity index (χ1v) is 9.30. The second-order valence-corrected chi connectivity index (χ2v) is 7.22. The Morgan fingerprint density at radius 2 is 2.03 bits per heavy atom. The predicted octanol–water partition coefficient (Wildman–Crippen LogP) is 1.59. The number of piperazine rings is 1. The fourth-order valence-electron chi connectivity index (χ4n) is 3.61. The molecule has 1 aliphatic carbocycles. The summed E-state index contributed by atoms with van der Waals surface area (Å²) in [6.07, 6.45) is 3.02. The Morgan fingerprint density at radius 1 is 1.34 bits per heavy atom. The van der Waals surface area contributed by atoms with Crippen molar-refractivity contribution in [1.29, 1.82) is 5.41 Å². The molecule has 0 aromatic carbocycles. The summed E-state index contributed by atoms with van der Waals surface area (Å²) in [6, 6.07) is 1.14. The lowest BCUT2D eigenvalue weighted by molar-refractivity contribution is 0.0695. The van der Waals surface area contributed by atoms with E-state index in [9.17, 15) is 19.1 Å². The molecule has 1 saturated carbocycles. The Bertz CT molecular complexity index is 1110. The van der Waals surface area contributed by atoms with Gasteiger partial charge in [-0.1, -0.05) is 0 Å². The number of nitrogens with one attached hydrogen (secondary N) is 1. The molecule has 10 heteroatoms. The van der Waals surface area contributed by atoms with Gasteiger partial charge in [0.1, 0.15) is 11.2 Å². The van der Waals surface area contributed by atoms with Crippen LogP contribution < -0.4 is 10.3 Å². The Hall–Kier alpha value is -3.48. The molecule has 1 aliphatic heterocycles. The topological polar surface area (TPSA) is 107 Å². The van der Waals surface area contributed by atoms with E-state index < -0.39 is 17.2 Å². The van der Waals surface area contributed by atoms with E-state index in [0.717, 1.165) is 18.9 Å². The largest absolute Gasteiger partial charge is 0.477 e. The van der Waals surface area contributed by atoms with Gasteiger partial charge in [-0.3, -0.25) is 10.2 Å². The normalized spacial score (nSPS) is 16.7. The first kappa shape index (κ1) is 18.9. The van der Waals surface area contributed by atoms with Crippen molar-refractivity contribution >= 4 is 28.7 Å². The van der Waals surface area contributed by atoms with Crippen molar-refractivity contribution < 1.29 is 14.3 Å². The first-order chi connectivity index (χ1) is 13.9. The molecule has 0 unspecified atom stereocenters. The summed E-state index contributed by atoms with van der Waals surface area (Å²) in [5.41, 5.74) is -0.827. The quantitative estimate of drug-likeness (QED) is 0.460. The Kier molecular flexibility index (Phi) is 4.66. The molecule has 29 heavy (non-hydrogen) atoms. The molecular weight excluding hydrogens is 379 g/mol. The van der Waals surface area contributed by atoms with Gasteiger partial charge >= 0.3 is 5.97 Å². The van der Waals surface area contributed by atoms with Crippen LogP contribution in [0.3, 0.4) is 0 Å². The average Bonchev–Trinajstić information content (AvgIpc) is 3.53. The van der Waals surface area contributed by atoms with Crippen molar-refractivity contribution in [3.63, 3.8) is 0 Å². The molecule has 2 fully saturated rings. The molecular formula is C19H19FN6O3. The van der Waals surface area contributed by atoms with Gasteiger partial charge in [0.2, 0.25) is 5.43 Å². The van der Waals surface area contributed by atoms with Gasteiger partial charge in [0, 0.05) is 38.4 Å². The number of aromatic carboxylic acids is 1. The van der Waals surface area contributed by atoms with Crippen molar-refractivity contribution in [2.24, 2.45) is 0 Å². The zero-order valence-electron chi connectivity index (χ0n) is 15.6. The fraction of sp³-hybridized carbons (Fsp3) is 0.421. The number of nitrogens with zero attached hydrogens (tertiary/aromatic N) is 5. The molecule has 0 bridgehead atoms. The van der Waals surface area contributed by atoms with E-state index in [0.29, 0.717) is 31.8 Å². The Labute approximate surface area is 165 Å². The maximum atomic E-state index is 14.8. The molecule has 2 aromatic rings. The number of carboxylic acids is 1. The van der Waals surface area contributed by atoms with Gasteiger partial charge in [-0.05, 0) is 18.9 Å². The van der Waals surface area contributed by atoms with Crippen LogP contribution in [0.4, 0.5) is 10.2 Å². The second-order valence-electron chi connectivity index (χ2n) is 7.22. The molecule has 2 aromatic heterocycles. The lowest BCUT2D eigenvalue weighted by Gasteiger charge is -2.35. The number of fused-ring (bicyclic) bond motifs is 1. The van der Waals surface area contributed by atoms with Crippen LogP contribution in [-0.2, 0) is 0 Å². The standard InChI is InChI=1S/C19H19FN6O3/c1-22-9-15(21)24-4-6-25(7-5-24)18-14(20)8-12-16(27)13(19(28)29)10-26(11-2-3-11)17(12)23-18/h8,10-11,21H,2-7,9H2,(H,28,29). The van der Waals surface area contributed by atoms with Crippen LogP contribution in [0.5, 0.6) is 0 Å². The summed E-state index contributed by atoms with van der Waals surface area (Å²) >= 11 is 0. The molecule has 0 radical (unpaired) electrons. The molecule has 3 heterocycles. The van der Waals surface area contributed by atoms with Crippen LogP contribution in [0.1, 0.15) is 29.2 Å². The summed E-state index contributed by atoms with van der Waals surface area (Å²) in [4.78, 5) is 35.1. The van der Waals surface area contributed by atoms with E-state index in [1.165, 1.54) is 6.20 Å². The number of anilines is 1. The molecule has 0 spiro atoms. The van der Waals surface area contributed by atoms with E-state index in [-0.39, 0.29) is 35.2 Å². The van der Waals surface area contributed by atoms with Crippen molar-refractivity contribution in [2.45, 2.75) is 18.9 Å². The van der Waals surface area contributed by atoms with Gasteiger partial charge in [-0.15, -0.1) is 0 Å². The minimum absolute atomic E-state index is 0.0160. The number of carboxylic acid groups (broad SMARTS) is 1. The van der Waals surface area contributed by atoms with E-state index in [4.69, 9.17) is 12.0 Å². The minimum Gasteiger partial charge on any atom is -0.477 e. The summed E-state index contributed by atoms with van der Waals surface area (Å²) in [6.45, 7) is 8.69. The average molecular weight is 398 g/mol. The van der Waals surface area contributed by atoms with Crippen molar-refractivity contribution in [3.8, 4) is 0 Å². The molecule has 2 N–H and O–H groups in total. The van der Waals surface area contributed by atoms with Gasteiger partial charge in [0.15, 0.2) is 17.5 Å². The summed E-state index contributed by atoms with van der Waals surface area (Å²) in [7, 11) is 0. The fourth-order valence-corrected chi connectivity index (χ4v) is 3.61. The maximum Gasteiger partial charge on any atom is 0.341 e. The third-order valence-electron chi connectivity index (χ3n) is 5.30. The summed E-state index contributed by atoms with van der Waals surface area (Å²) in [5, 5.41) is 17.2. The zero-order chi connectivity index (χ0) is 20.7. The van der Waals surface area contributed by atoms with Gasteiger partial charge in [0.25, 0.3) is 6.54 Å². The number of hydrogen-bond donors (Lipinski definition) is 2. The number of aromatic nitrogens is 2. The van der Waals surface area contributed by atoms with E-state index in [1.807, 2.05) is 0 Å². The number of hydrogen-bond acceptors (Lipinski definition) is 5. The number of pyridine rings is 2. The van der Waals surface area contributed by atoms with Crippen LogP contribution in [0, 0.1) is 17.8 Å². The van der Waals surface area contributed by atoms with E-state index in [2.05, 4.69) is 9.83 Å². The van der Waals surface area contributed by atoms with Crippen LogP contribution in [0.2, 0.25) is 0 Å². The van der Waals surface area contributed by atoms with Crippen molar-refractivity contribution in [3.05, 3.63) is 45.3 Å². The highest BCUT2D eigenvalue weighted by molar-refractivity contribution is 5.92. The molecule has 0 atom stereocenters. The van der Waals surface area contributed by atoms with Crippen molar-refractivity contribution in [2.75, 3.05) is 37.6 Å². The van der Waals surface area contributed by atoms with Crippen LogP contribution in [0.15, 0.2) is 17.1 Å². The van der Waals surface area contributed by atoms with Crippen molar-refractivity contribution in [1.82, 2.24) is 14.5 Å². The SMILES string of the molecule is [C-]#[N+]CC(=N)N1CCN(c2nc3c(cc2F)c(=O)c(C(=O)O)cn3C2CC2)CC1. The third kappa shape index (κ3) is 3.40. The highest BCUT2D eigenvalue weighted by Crippen LogP contribution is 2.37. The molecule has 4 rings (SSSR count). The van der Waals surface area contributed by atoms with E-state index in [1.54, 1.807) is 14.4 Å². The second kappa shape index (κ2) is 7.16. The summed E-state index contributed by atoms with van der Waals surface area (Å²) < 4.78 is 16.5. The smallest absolute Gasteiger partial charge is 0.341 e. The molecule has 1 saturated heterocycles. The van der Waals surface area contributed by atoms with Crippen LogP contribution in [-0.4, -0.2) is 64.1 Å². The lowest BCUT2D eigenvalue weighted by atomic mass is 10.1. The first-order valence-electron chi connectivity index (χ1n) is 9.30. The lowest BCUT2D eigenvalue weighted by Crippen LogP contribution is -2.49. The van der Waals surface area contributed by atoms with Gasteiger partial charge in [-0.25, -0.2) is 20.7 Å². The number of amidine groups is 1. The molecule has 9 nitrogen and oxygen atoms in total. The Morgan fingerprint density at radius 3 is 2.62 bits per heavy atom. The van der Waals surface area contributed by atoms with Gasteiger partial charge in [-0.2, -0.15) is 0 Å². The van der Waals surface area contributed by atoms with Gasteiger partial charge in [0.05, 0.1) is 5.39 Å².